The van der Waals surface area contributed by atoms with Gasteiger partial charge in [-0.3, -0.25) is 4.79 Å². The molecule has 0 heterocycles. The molecule has 0 saturated heterocycles. The molecule has 0 aromatic heterocycles. The van der Waals surface area contributed by atoms with Crippen LogP contribution in [0.1, 0.15) is 65.2 Å². The molecule has 1 aromatic rings. The van der Waals surface area contributed by atoms with Gasteiger partial charge >= 0.3 is 5.97 Å². The summed E-state index contributed by atoms with van der Waals surface area (Å²) in [5.74, 6) is -0.942. The molecular formula is C20H32N2O5S. The molecule has 0 radical (unpaired) electrons. The zero-order valence-corrected chi connectivity index (χ0v) is 18.5. The summed E-state index contributed by atoms with van der Waals surface area (Å²) in [6, 6.07) is 5.24. The number of nitrogens with zero attached hydrogens (tertiary/aromatic N) is 1. The van der Waals surface area contributed by atoms with Crippen LogP contribution in [0.25, 0.3) is 0 Å². The van der Waals surface area contributed by atoms with Gasteiger partial charge in [0.1, 0.15) is 0 Å². The Kier molecular flexibility index (Phi) is 8.63. The lowest BCUT2D eigenvalue weighted by molar-refractivity contribution is -0.143. The maximum atomic E-state index is 12.6. The molecule has 8 heteroatoms. The van der Waals surface area contributed by atoms with Crippen LogP contribution >= 0.6 is 0 Å². The molecule has 0 aliphatic carbocycles. The average Bonchev–Trinajstić information content (AvgIpc) is 2.60. The van der Waals surface area contributed by atoms with E-state index in [1.807, 2.05) is 34.6 Å². The Morgan fingerprint density at radius 3 is 1.93 bits per heavy atom. The molecule has 0 aliphatic heterocycles. The third kappa shape index (κ3) is 6.31. The number of rotatable bonds is 9. The molecule has 1 amide bonds. The molecule has 1 rings (SSSR count). The number of hydrogen-bond acceptors (Lipinski definition) is 5. The maximum Gasteiger partial charge on any atom is 0.338 e. The molecule has 0 aliphatic rings. The van der Waals surface area contributed by atoms with Gasteiger partial charge in [0.25, 0.3) is 5.91 Å². The minimum Gasteiger partial charge on any atom is -0.449 e. The Bertz CT molecular complexity index is 764. The molecule has 0 fully saturated rings. The number of carbonyl (C=O) groups is 2. The highest BCUT2D eigenvalue weighted by atomic mass is 32.2. The Morgan fingerprint density at radius 2 is 1.50 bits per heavy atom. The van der Waals surface area contributed by atoms with Crippen molar-refractivity contribution in [2.24, 2.45) is 0 Å². The Balaban J connectivity index is 2.87. The molecule has 1 N–H and O–H groups in total. The lowest BCUT2D eigenvalue weighted by Gasteiger charge is -2.32. The van der Waals surface area contributed by atoms with E-state index in [1.165, 1.54) is 31.2 Å². The van der Waals surface area contributed by atoms with Crippen molar-refractivity contribution < 1.29 is 22.7 Å². The number of hydrogen-bond donors (Lipinski definition) is 1. The summed E-state index contributed by atoms with van der Waals surface area (Å²) in [5.41, 5.74) is 0.183. The van der Waals surface area contributed by atoms with Gasteiger partial charge in [-0.05, 0) is 72.2 Å². The zero-order chi connectivity index (χ0) is 21.6. The standard InChI is InChI=1S/C20H32N2O5S/c1-8-15(6)21-28(25,26)18-11-9-17(10-12-18)20(24)27-16(7)19(23)22(13(2)3)14(4)5/h9-16,21H,8H2,1-7H3/t15-,16+/m1/s1. The van der Waals surface area contributed by atoms with Gasteiger partial charge in [-0.25, -0.2) is 17.9 Å². The van der Waals surface area contributed by atoms with Gasteiger partial charge in [0.15, 0.2) is 6.10 Å². The van der Waals surface area contributed by atoms with Crippen LogP contribution in [0.15, 0.2) is 29.2 Å². The first kappa shape index (κ1) is 24.1. The fourth-order valence-corrected chi connectivity index (χ4v) is 4.11. The third-order valence-corrected chi connectivity index (χ3v) is 5.97. The normalized spacial score (nSPS) is 14.0. The highest BCUT2D eigenvalue weighted by Crippen LogP contribution is 2.15. The van der Waals surface area contributed by atoms with Crippen LogP contribution in [-0.2, 0) is 19.6 Å². The molecule has 0 spiro atoms. The van der Waals surface area contributed by atoms with Crippen LogP contribution in [0.2, 0.25) is 0 Å². The number of amides is 1. The van der Waals surface area contributed by atoms with E-state index in [0.717, 1.165) is 0 Å². The second-order valence-corrected chi connectivity index (χ2v) is 9.15. The Labute approximate surface area is 168 Å². The van der Waals surface area contributed by atoms with Crippen molar-refractivity contribution in [2.75, 3.05) is 0 Å². The lowest BCUT2D eigenvalue weighted by atomic mass is 10.2. The zero-order valence-electron chi connectivity index (χ0n) is 17.7. The Hall–Kier alpha value is -1.93. The lowest BCUT2D eigenvalue weighted by Crippen LogP contribution is -2.47. The molecule has 7 nitrogen and oxygen atoms in total. The van der Waals surface area contributed by atoms with Crippen LogP contribution in [-0.4, -0.2) is 49.4 Å². The summed E-state index contributed by atoms with van der Waals surface area (Å²) >= 11 is 0. The minimum atomic E-state index is -3.64. The van der Waals surface area contributed by atoms with Gasteiger partial charge in [0.05, 0.1) is 10.5 Å². The van der Waals surface area contributed by atoms with Crippen molar-refractivity contribution in [2.45, 2.75) is 84.0 Å². The van der Waals surface area contributed by atoms with Crippen molar-refractivity contribution in [3.8, 4) is 0 Å². The van der Waals surface area contributed by atoms with Crippen LogP contribution < -0.4 is 4.72 Å². The van der Waals surface area contributed by atoms with Crippen LogP contribution in [0.3, 0.4) is 0 Å². The van der Waals surface area contributed by atoms with Gasteiger partial charge in [-0.1, -0.05) is 6.92 Å². The molecule has 158 valence electrons. The average molecular weight is 413 g/mol. The smallest absolute Gasteiger partial charge is 0.338 e. The quantitative estimate of drug-likeness (QED) is 0.630. The van der Waals surface area contributed by atoms with Crippen molar-refractivity contribution in [1.82, 2.24) is 9.62 Å². The molecule has 1 aromatic carbocycles. The second-order valence-electron chi connectivity index (χ2n) is 7.44. The largest absolute Gasteiger partial charge is 0.449 e. The van der Waals surface area contributed by atoms with E-state index in [2.05, 4.69) is 4.72 Å². The van der Waals surface area contributed by atoms with Crippen molar-refractivity contribution >= 4 is 21.9 Å². The monoisotopic (exact) mass is 412 g/mol. The molecule has 2 atom stereocenters. The molecule has 0 bridgehead atoms. The van der Waals surface area contributed by atoms with E-state index >= 15 is 0 Å². The highest BCUT2D eigenvalue weighted by molar-refractivity contribution is 7.89. The van der Waals surface area contributed by atoms with Crippen molar-refractivity contribution in [1.29, 1.82) is 0 Å². The summed E-state index contributed by atoms with van der Waals surface area (Å²) in [6.45, 7) is 12.8. The van der Waals surface area contributed by atoms with Crippen LogP contribution in [0, 0.1) is 0 Å². The predicted octanol–water partition coefficient (Wildman–Crippen LogP) is 2.95. The number of benzene rings is 1. The summed E-state index contributed by atoms with van der Waals surface area (Å²) in [6.07, 6.45) is -0.271. The second kappa shape index (κ2) is 10.0. The molecule has 28 heavy (non-hydrogen) atoms. The van der Waals surface area contributed by atoms with E-state index < -0.39 is 22.1 Å². The number of esters is 1. The number of sulfonamides is 1. The van der Waals surface area contributed by atoms with Crippen LogP contribution in [0.5, 0.6) is 0 Å². The number of ether oxygens (including phenoxy) is 1. The first-order valence-electron chi connectivity index (χ1n) is 9.56. The van der Waals surface area contributed by atoms with Crippen LogP contribution in [0.4, 0.5) is 0 Å². The fourth-order valence-electron chi connectivity index (χ4n) is 2.78. The first-order valence-corrected chi connectivity index (χ1v) is 11.0. The van der Waals surface area contributed by atoms with E-state index in [-0.39, 0.29) is 34.5 Å². The van der Waals surface area contributed by atoms with Gasteiger partial charge in [-0.15, -0.1) is 0 Å². The molecule has 0 saturated carbocycles. The van der Waals surface area contributed by atoms with Crippen molar-refractivity contribution in [3.63, 3.8) is 0 Å². The van der Waals surface area contributed by atoms with Gasteiger partial charge in [-0.2, -0.15) is 0 Å². The van der Waals surface area contributed by atoms with Gasteiger partial charge in [0.2, 0.25) is 10.0 Å². The van der Waals surface area contributed by atoms with E-state index in [4.69, 9.17) is 4.74 Å². The third-order valence-electron chi connectivity index (χ3n) is 4.37. The van der Waals surface area contributed by atoms with E-state index in [9.17, 15) is 18.0 Å². The minimum absolute atomic E-state index is 0.0174. The first-order chi connectivity index (χ1) is 12.9. The predicted molar refractivity (Wildman–Crippen MR) is 109 cm³/mol. The maximum absolute atomic E-state index is 12.6. The van der Waals surface area contributed by atoms with Gasteiger partial charge in [0, 0.05) is 18.1 Å². The summed E-state index contributed by atoms with van der Waals surface area (Å²) in [7, 11) is -3.64. The highest BCUT2D eigenvalue weighted by Gasteiger charge is 2.28. The van der Waals surface area contributed by atoms with E-state index in [1.54, 1.807) is 11.8 Å². The molecule has 0 unspecified atom stereocenters. The topological polar surface area (TPSA) is 92.8 Å². The van der Waals surface area contributed by atoms with Crippen molar-refractivity contribution in [3.05, 3.63) is 29.8 Å². The summed E-state index contributed by atoms with van der Waals surface area (Å²) < 4.78 is 32.4. The van der Waals surface area contributed by atoms with E-state index in [0.29, 0.717) is 6.42 Å². The Morgan fingerprint density at radius 1 is 1.00 bits per heavy atom. The number of nitrogens with one attached hydrogen (secondary N) is 1. The fraction of sp³-hybridized carbons (Fsp3) is 0.600. The summed E-state index contributed by atoms with van der Waals surface area (Å²) in [5, 5.41) is 0. The summed E-state index contributed by atoms with van der Waals surface area (Å²) in [4.78, 5) is 26.6. The molecular weight excluding hydrogens is 380 g/mol. The van der Waals surface area contributed by atoms with Gasteiger partial charge < -0.3 is 9.64 Å². The number of carbonyl (C=O) groups excluding carboxylic acids is 2. The SMILES string of the molecule is CC[C@@H](C)NS(=O)(=O)c1ccc(C(=O)O[C@@H](C)C(=O)N(C(C)C)C(C)C)cc1.